The Kier molecular flexibility index (Phi) is 4.17. The van der Waals surface area contributed by atoms with Gasteiger partial charge in [0.1, 0.15) is 0 Å². The van der Waals surface area contributed by atoms with Gasteiger partial charge in [-0.1, -0.05) is 19.9 Å². The molecule has 0 saturated heterocycles. The minimum absolute atomic E-state index is 0.328. The average molecular weight is 222 g/mol. The van der Waals surface area contributed by atoms with Gasteiger partial charge < -0.3 is 10.5 Å². The molecule has 0 unspecified atom stereocenters. The first-order chi connectivity index (χ1) is 7.49. The van der Waals surface area contributed by atoms with E-state index in [1.165, 1.54) is 0 Å². The van der Waals surface area contributed by atoms with Gasteiger partial charge in [0.2, 0.25) is 0 Å². The first kappa shape index (κ1) is 12.4. The summed E-state index contributed by atoms with van der Waals surface area (Å²) in [4.78, 5) is 11.3. The third-order valence-electron chi connectivity index (χ3n) is 2.07. The molecule has 0 bridgehead atoms. The number of benzene rings is 1. The summed E-state index contributed by atoms with van der Waals surface area (Å²) in [5.74, 6) is 0.328. The molecule has 1 amide bonds. The number of nitrogens with one attached hydrogen (secondary N) is 1. The van der Waals surface area contributed by atoms with Gasteiger partial charge in [-0.05, 0) is 30.5 Å². The van der Waals surface area contributed by atoms with Gasteiger partial charge in [0.15, 0.2) is 0 Å². The van der Waals surface area contributed by atoms with Crippen LogP contribution in [0, 0.1) is 12.8 Å². The molecule has 0 atom stereocenters. The summed E-state index contributed by atoms with van der Waals surface area (Å²) in [6.45, 7) is 6.29. The zero-order chi connectivity index (χ0) is 12.1. The number of ether oxygens (including phenoxy) is 1. The molecular weight excluding hydrogens is 204 g/mol. The van der Waals surface area contributed by atoms with E-state index in [0.29, 0.717) is 23.9 Å². The second-order valence-corrected chi connectivity index (χ2v) is 4.19. The van der Waals surface area contributed by atoms with Crippen molar-refractivity contribution < 1.29 is 9.53 Å². The maximum absolute atomic E-state index is 11.3. The van der Waals surface area contributed by atoms with Gasteiger partial charge in [0.25, 0.3) is 0 Å². The molecule has 1 rings (SSSR count). The van der Waals surface area contributed by atoms with Gasteiger partial charge in [0.05, 0.1) is 6.61 Å². The lowest BCUT2D eigenvalue weighted by atomic mass is 10.2. The van der Waals surface area contributed by atoms with Crippen LogP contribution in [0.2, 0.25) is 0 Å². The quantitative estimate of drug-likeness (QED) is 0.773. The van der Waals surface area contributed by atoms with E-state index in [-0.39, 0.29) is 0 Å². The van der Waals surface area contributed by atoms with E-state index < -0.39 is 6.09 Å². The highest BCUT2D eigenvalue weighted by Gasteiger charge is 2.05. The normalized spacial score (nSPS) is 10.2. The Balaban J connectivity index is 2.53. The van der Waals surface area contributed by atoms with Crippen LogP contribution in [0.25, 0.3) is 0 Å². The molecule has 0 aromatic heterocycles. The summed E-state index contributed by atoms with van der Waals surface area (Å²) in [5, 5.41) is 2.62. The SMILES string of the molecule is Cc1ccc(NC(=O)OCC(C)C)cc1N. The fourth-order valence-corrected chi connectivity index (χ4v) is 1.11. The van der Waals surface area contributed by atoms with Crippen LogP contribution in [0.1, 0.15) is 19.4 Å². The molecular formula is C12H18N2O2. The van der Waals surface area contributed by atoms with Gasteiger partial charge in [-0.3, -0.25) is 5.32 Å². The number of nitrogens with two attached hydrogens (primary N) is 1. The van der Waals surface area contributed by atoms with E-state index in [9.17, 15) is 4.79 Å². The maximum atomic E-state index is 11.3. The van der Waals surface area contributed by atoms with Crippen molar-refractivity contribution in [2.45, 2.75) is 20.8 Å². The number of anilines is 2. The van der Waals surface area contributed by atoms with Gasteiger partial charge in [-0.25, -0.2) is 4.79 Å². The Morgan fingerprint density at radius 2 is 2.19 bits per heavy atom. The maximum Gasteiger partial charge on any atom is 0.411 e. The van der Waals surface area contributed by atoms with E-state index >= 15 is 0 Å². The Morgan fingerprint density at radius 1 is 1.50 bits per heavy atom. The highest BCUT2D eigenvalue weighted by Crippen LogP contribution is 2.16. The first-order valence-electron chi connectivity index (χ1n) is 5.29. The number of carbonyl (C=O) groups excluding carboxylic acids is 1. The first-order valence-corrected chi connectivity index (χ1v) is 5.29. The van der Waals surface area contributed by atoms with E-state index in [4.69, 9.17) is 10.5 Å². The fraction of sp³-hybridized carbons (Fsp3) is 0.417. The molecule has 88 valence electrons. The van der Waals surface area contributed by atoms with Crippen LogP contribution in [-0.2, 0) is 4.74 Å². The van der Waals surface area contributed by atoms with E-state index in [0.717, 1.165) is 5.56 Å². The lowest BCUT2D eigenvalue weighted by molar-refractivity contribution is 0.147. The Morgan fingerprint density at radius 3 is 2.75 bits per heavy atom. The molecule has 4 heteroatoms. The molecule has 0 saturated carbocycles. The topological polar surface area (TPSA) is 64.3 Å². The summed E-state index contributed by atoms with van der Waals surface area (Å²) >= 11 is 0. The van der Waals surface area contributed by atoms with Crippen molar-refractivity contribution >= 4 is 17.5 Å². The second-order valence-electron chi connectivity index (χ2n) is 4.19. The number of hydrogen-bond donors (Lipinski definition) is 2. The van der Waals surface area contributed by atoms with Gasteiger partial charge in [-0.15, -0.1) is 0 Å². The number of carbonyl (C=O) groups is 1. The van der Waals surface area contributed by atoms with Crippen molar-refractivity contribution in [1.29, 1.82) is 0 Å². The number of aryl methyl sites for hydroxylation is 1. The van der Waals surface area contributed by atoms with Crippen molar-refractivity contribution in [3.05, 3.63) is 23.8 Å². The van der Waals surface area contributed by atoms with Crippen molar-refractivity contribution in [2.75, 3.05) is 17.7 Å². The minimum Gasteiger partial charge on any atom is -0.449 e. The molecule has 0 spiro atoms. The standard InChI is InChI=1S/C12H18N2O2/c1-8(2)7-16-12(15)14-10-5-4-9(3)11(13)6-10/h4-6,8H,7,13H2,1-3H3,(H,14,15). The summed E-state index contributed by atoms with van der Waals surface area (Å²) < 4.78 is 4.99. The monoisotopic (exact) mass is 222 g/mol. The second kappa shape index (κ2) is 5.39. The van der Waals surface area contributed by atoms with Crippen molar-refractivity contribution in [2.24, 2.45) is 5.92 Å². The molecule has 1 aromatic carbocycles. The summed E-state index contributed by atoms with van der Waals surface area (Å²) in [6, 6.07) is 5.36. The predicted octanol–water partition coefficient (Wildman–Crippen LogP) is 2.78. The third-order valence-corrected chi connectivity index (χ3v) is 2.07. The molecule has 0 radical (unpaired) electrons. The summed E-state index contributed by atoms with van der Waals surface area (Å²) in [5.41, 5.74) is 8.02. The largest absolute Gasteiger partial charge is 0.449 e. The zero-order valence-corrected chi connectivity index (χ0v) is 9.91. The highest BCUT2D eigenvalue weighted by atomic mass is 16.5. The molecule has 4 nitrogen and oxygen atoms in total. The molecule has 0 aliphatic carbocycles. The Labute approximate surface area is 95.8 Å². The van der Waals surface area contributed by atoms with Crippen LogP contribution >= 0.6 is 0 Å². The number of nitrogen functional groups attached to an aromatic ring is 1. The van der Waals surface area contributed by atoms with E-state index in [1.54, 1.807) is 12.1 Å². The van der Waals surface area contributed by atoms with Gasteiger partial charge in [-0.2, -0.15) is 0 Å². The highest BCUT2D eigenvalue weighted by molar-refractivity contribution is 5.85. The lowest BCUT2D eigenvalue weighted by Crippen LogP contribution is -2.16. The molecule has 0 heterocycles. The van der Waals surface area contributed by atoms with Crippen molar-refractivity contribution in [1.82, 2.24) is 0 Å². The molecule has 3 N–H and O–H groups in total. The van der Waals surface area contributed by atoms with Crippen LogP contribution < -0.4 is 11.1 Å². The van der Waals surface area contributed by atoms with Crippen LogP contribution in [0.15, 0.2) is 18.2 Å². The van der Waals surface area contributed by atoms with E-state index in [1.807, 2.05) is 26.8 Å². The van der Waals surface area contributed by atoms with Gasteiger partial charge >= 0.3 is 6.09 Å². The smallest absolute Gasteiger partial charge is 0.411 e. The number of rotatable bonds is 3. The van der Waals surface area contributed by atoms with E-state index in [2.05, 4.69) is 5.32 Å². The molecule has 0 aliphatic rings. The molecule has 0 aliphatic heterocycles. The molecule has 16 heavy (non-hydrogen) atoms. The third kappa shape index (κ3) is 3.81. The zero-order valence-electron chi connectivity index (χ0n) is 9.91. The lowest BCUT2D eigenvalue weighted by Gasteiger charge is -2.09. The van der Waals surface area contributed by atoms with Crippen molar-refractivity contribution in [3.8, 4) is 0 Å². The van der Waals surface area contributed by atoms with Crippen LogP contribution in [0.3, 0.4) is 0 Å². The predicted molar refractivity (Wildman–Crippen MR) is 65.4 cm³/mol. The molecule has 1 aromatic rings. The van der Waals surface area contributed by atoms with Crippen LogP contribution in [-0.4, -0.2) is 12.7 Å². The number of hydrogen-bond acceptors (Lipinski definition) is 3. The van der Waals surface area contributed by atoms with Gasteiger partial charge in [0, 0.05) is 11.4 Å². The Hall–Kier alpha value is -1.71. The molecule has 0 fully saturated rings. The number of amides is 1. The Bertz CT molecular complexity index is 375. The van der Waals surface area contributed by atoms with Crippen molar-refractivity contribution in [3.63, 3.8) is 0 Å². The summed E-state index contributed by atoms with van der Waals surface area (Å²) in [7, 11) is 0. The van der Waals surface area contributed by atoms with Crippen LogP contribution in [0.5, 0.6) is 0 Å². The average Bonchev–Trinajstić information content (AvgIpc) is 2.21. The minimum atomic E-state index is -0.447. The summed E-state index contributed by atoms with van der Waals surface area (Å²) in [6.07, 6.45) is -0.447. The fourth-order valence-electron chi connectivity index (χ4n) is 1.11. The van der Waals surface area contributed by atoms with Crippen LogP contribution in [0.4, 0.5) is 16.2 Å².